The summed E-state index contributed by atoms with van der Waals surface area (Å²) in [5.41, 5.74) is 3.15. The van der Waals surface area contributed by atoms with Crippen molar-refractivity contribution < 1.29 is 19.4 Å². The lowest BCUT2D eigenvalue weighted by Crippen LogP contribution is -2.29. The van der Waals surface area contributed by atoms with E-state index in [1.165, 1.54) is 5.56 Å². The first-order valence-electron chi connectivity index (χ1n) is 10.4. The zero-order chi connectivity index (χ0) is 23.4. The minimum atomic E-state index is -1.03. The van der Waals surface area contributed by atoms with Gasteiger partial charge < -0.3 is 14.6 Å². The predicted molar refractivity (Wildman–Crippen MR) is 137 cm³/mol. The molecule has 168 valence electrons. The van der Waals surface area contributed by atoms with E-state index in [4.69, 9.17) is 9.47 Å². The van der Waals surface area contributed by atoms with Gasteiger partial charge in [0.15, 0.2) is 6.10 Å². The number of rotatable bonds is 8. The highest BCUT2D eigenvalue weighted by molar-refractivity contribution is 9.11. The molecule has 0 saturated carbocycles. The number of benzene rings is 4. The second-order valence-electron chi connectivity index (χ2n) is 7.68. The number of aliphatic carboxylic acids is 1. The van der Waals surface area contributed by atoms with Crippen LogP contribution < -0.4 is 9.47 Å². The lowest BCUT2D eigenvalue weighted by molar-refractivity contribution is -0.145. The molecule has 0 heterocycles. The molecule has 0 aliphatic heterocycles. The number of fused-ring (bicyclic) bond motifs is 1. The fourth-order valence-corrected chi connectivity index (χ4v) is 5.24. The summed E-state index contributed by atoms with van der Waals surface area (Å²) in [5, 5.41) is 11.6. The first kappa shape index (κ1) is 23.3. The van der Waals surface area contributed by atoms with Crippen molar-refractivity contribution >= 4 is 48.6 Å². The van der Waals surface area contributed by atoms with Gasteiger partial charge in [0, 0.05) is 18.2 Å². The van der Waals surface area contributed by atoms with Gasteiger partial charge in [-0.15, -0.1) is 0 Å². The van der Waals surface area contributed by atoms with Crippen LogP contribution in [0, 0.1) is 0 Å². The van der Waals surface area contributed by atoms with Crippen LogP contribution in [-0.2, 0) is 17.6 Å². The number of halogens is 2. The van der Waals surface area contributed by atoms with Gasteiger partial charge in [-0.25, -0.2) is 4.79 Å². The first-order valence-corrected chi connectivity index (χ1v) is 12.0. The Morgan fingerprint density at radius 1 is 0.939 bits per heavy atom. The summed E-state index contributed by atoms with van der Waals surface area (Å²) in [7, 11) is 1.65. The van der Waals surface area contributed by atoms with Gasteiger partial charge in [-0.3, -0.25) is 0 Å². The highest BCUT2D eigenvalue weighted by atomic mass is 79.9. The average Bonchev–Trinajstić information content (AvgIpc) is 2.82. The quantitative estimate of drug-likeness (QED) is 0.247. The molecule has 0 radical (unpaired) electrons. The van der Waals surface area contributed by atoms with Crippen LogP contribution in [0.25, 0.3) is 10.8 Å². The molecule has 0 aliphatic rings. The van der Waals surface area contributed by atoms with Crippen LogP contribution in [0.5, 0.6) is 11.5 Å². The van der Waals surface area contributed by atoms with E-state index in [1.807, 2.05) is 60.7 Å². The molecule has 4 aromatic carbocycles. The Bertz CT molecular complexity index is 1270. The summed E-state index contributed by atoms with van der Waals surface area (Å²) in [6, 6.07) is 25.7. The summed E-state index contributed by atoms with van der Waals surface area (Å²) in [4.78, 5) is 11.9. The number of carboxylic acid groups (broad SMARTS) is 1. The van der Waals surface area contributed by atoms with E-state index >= 15 is 0 Å². The molecule has 33 heavy (non-hydrogen) atoms. The van der Waals surface area contributed by atoms with E-state index in [0.717, 1.165) is 34.1 Å². The molecule has 0 spiro atoms. The van der Waals surface area contributed by atoms with Gasteiger partial charge in [0.05, 0.1) is 16.1 Å². The Balaban J connectivity index is 1.71. The van der Waals surface area contributed by atoms with Crippen LogP contribution in [-0.4, -0.2) is 24.3 Å². The molecule has 1 N–H and O–H groups in total. The Morgan fingerprint density at radius 3 is 2.18 bits per heavy atom. The minimum absolute atomic E-state index is 0.256. The van der Waals surface area contributed by atoms with E-state index in [2.05, 4.69) is 50.1 Å². The van der Waals surface area contributed by atoms with Crippen LogP contribution in [0.3, 0.4) is 0 Å². The lowest BCUT2D eigenvalue weighted by Gasteiger charge is -2.19. The lowest BCUT2D eigenvalue weighted by atomic mass is 10.00. The SMILES string of the molecule is COc1cc2c(Br)c(OC(Cc3ccccc3)C(=O)O)c(Br)cc2cc1Cc1ccccc1. The van der Waals surface area contributed by atoms with E-state index in [-0.39, 0.29) is 6.42 Å². The average molecular weight is 570 g/mol. The third kappa shape index (κ3) is 5.40. The topological polar surface area (TPSA) is 55.8 Å². The Kier molecular flexibility index (Phi) is 7.36. The van der Waals surface area contributed by atoms with Gasteiger partial charge in [-0.1, -0.05) is 60.7 Å². The molecule has 4 nitrogen and oxygen atoms in total. The third-order valence-corrected chi connectivity index (χ3v) is 6.80. The minimum Gasteiger partial charge on any atom is -0.496 e. The van der Waals surface area contributed by atoms with Crippen LogP contribution in [0.2, 0.25) is 0 Å². The highest BCUT2D eigenvalue weighted by Crippen LogP contribution is 2.42. The largest absolute Gasteiger partial charge is 0.496 e. The Hall–Kier alpha value is -2.83. The molecular formula is C27H22Br2O4. The van der Waals surface area contributed by atoms with E-state index in [9.17, 15) is 9.90 Å². The number of hydrogen-bond acceptors (Lipinski definition) is 3. The summed E-state index contributed by atoms with van der Waals surface area (Å²) >= 11 is 7.23. The predicted octanol–water partition coefficient (Wildman–Crippen LogP) is 7.04. The second-order valence-corrected chi connectivity index (χ2v) is 9.33. The number of ether oxygens (including phenoxy) is 2. The number of carboxylic acids is 1. The number of carbonyl (C=O) groups is 1. The van der Waals surface area contributed by atoms with Gasteiger partial charge in [0.25, 0.3) is 0 Å². The summed E-state index contributed by atoms with van der Waals surface area (Å²) < 4.78 is 13.1. The molecule has 0 aliphatic carbocycles. The molecular weight excluding hydrogens is 548 g/mol. The number of methoxy groups -OCH3 is 1. The van der Waals surface area contributed by atoms with E-state index in [0.29, 0.717) is 14.7 Å². The molecule has 0 aromatic heterocycles. The van der Waals surface area contributed by atoms with Crippen LogP contribution in [0.1, 0.15) is 16.7 Å². The monoisotopic (exact) mass is 568 g/mol. The van der Waals surface area contributed by atoms with Gasteiger partial charge in [-0.05, 0) is 72.1 Å². The first-order chi connectivity index (χ1) is 16.0. The van der Waals surface area contributed by atoms with Crippen molar-refractivity contribution in [3.63, 3.8) is 0 Å². The third-order valence-electron chi connectivity index (χ3n) is 5.42. The molecule has 0 bridgehead atoms. The van der Waals surface area contributed by atoms with E-state index < -0.39 is 12.1 Å². The molecule has 4 rings (SSSR count). The van der Waals surface area contributed by atoms with Gasteiger partial charge in [0.2, 0.25) is 0 Å². The summed E-state index contributed by atoms with van der Waals surface area (Å²) in [6.07, 6.45) is -0.0328. The fourth-order valence-electron chi connectivity index (χ4n) is 3.78. The maximum atomic E-state index is 11.9. The zero-order valence-electron chi connectivity index (χ0n) is 17.9. The van der Waals surface area contributed by atoms with Gasteiger partial charge in [0.1, 0.15) is 11.5 Å². The highest BCUT2D eigenvalue weighted by Gasteiger charge is 2.24. The van der Waals surface area contributed by atoms with Crippen molar-refractivity contribution in [2.24, 2.45) is 0 Å². The molecule has 0 saturated heterocycles. The zero-order valence-corrected chi connectivity index (χ0v) is 21.1. The molecule has 1 atom stereocenters. The van der Waals surface area contributed by atoms with Gasteiger partial charge in [-0.2, -0.15) is 0 Å². The molecule has 6 heteroatoms. The van der Waals surface area contributed by atoms with Crippen LogP contribution in [0.4, 0.5) is 0 Å². The maximum Gasteiger partial charge on any atom is 0.345 e. The van der Waals surface area contributed by atoms with Crippen LogP contribution in [0.15, 0.2) is 87.8 Å². The van der Waals surface area contributed by atoms with Crippen molar-refractivity contribution in [3.05, 3.63) is 104 Å². The molecule has 1 unspecified atom stereocenters. The summed E-state index contributed by atoms with van der Waals surface area (Å²) in [5.74, 6) is 0.191. The van der Waals surface area contributed by atoms with Crippen molar-refractivity contribution in [1.82, 2.24) is 0 Å². The molecule has 4 aromatic rings. The maximum absolute atomic E-state index is 11.9. The standard InChI is InChI=1S/C27H22Br2O4/c1-32-23-16-21-19(14-20(23)12-17-8-4-2-5-9-17)15-22(28)26(25(21)29)33-24(27(30)31)13-18-10-6-3-7-11-18/h2-11,14-16,24H,12-13H2,1H3,(H,30,31). The summed E-state index contributed by atoms with van der Waals surface area (Å²) in [6.45, 7) is 0. The van der Waals surface area contributed by atoms with Crippen molar-refractivity contribution in [3.8, 4) is 11.5 Å². The van der Waals surface area contributed by atoms with Crippen molar-refractivity contribution in [2.75, 3.05) is 7.11 Å². The number of hydrogen-bond donors (Lipinski definition) is 1. The normalized spacial score (nSPS) is 11.8. The van der Waals surface area contributed by atoms with Crippen molar-refractivity contribution in [1.29, 1.82) is 0 Å². The fraction of sp³-hybridized carbons (Fsp3) is 0.148. The van der Waals surface area contributed by atoms with Crippen molar-refractivity contribution in [2.45, 2.75) is 18.9 Å². The second kappa shape index (κ2) is 10.4. The van der Waals surface area contributed by atoms with Gasteiger partial charge >= 0.3 is 5.97 Å². The van der Waals surface area contributed by atoms with Crippen LogP contribution >= 0.6 is 31.9 Å². The smallest absolute Gasteiger partial charge is 0.345 e. The Labute approximate surface area is 209 Å². The Morgan fingerprint density at radius 2 is 1.58 bits per heavy atom. The molecule has 0 amide bonds. The molecule has 0 fully saturated rings. The van der Waals surface area contributed by atoms with E-state index in [1.54, 1.807) is 7.11 Å².